The molecule has 0 aliphatic rings. The Kier molecular flexibility index (Phi) is 4.81. The van der Waals surface area contributed by atoms with Crippen molar-refractivity contribution in [2.75, 3.05) is 7.11 Å². The second-order valence-corrected chi connectivity index (χ2v) is 6.67. The molecule has 0 fully saturated rings. The van der Waals surface area contributed by atoms with Crippen LogP contribution in [-0.4, -0.2) is 31.6 Å². The molecule has 0 radical (unpaired) electrons. The van der Waals surface area contributed by atoms with Crippen molar-refractivity contribution in [2.24, 2.45) is 0 Å². The lowest BCUT2D eigenvalue weighted by atomic mass is 10.1. The van der Waals surface area contributed by atoms with Gasteiger partial charge in [-0.3, -0.25) is 0 Å². The molecule has 8 nitrogen and oxygen atoms in total. The first kappa shape index (κ1) is 17.1. The molecule has 1 heterocycles. The minimum Gasteiger partial charge on any atom is -0.465 e. The highest BCUT2D eigenvalue weighted by Crippen LogP contribution is 2.20. The van der Waals surface area contributed by atoms with Crippen LogP contribution in [0.5, 0.6) is 0 Å². The van der Waals surface area contributed by atoms with Gasteiger partial charge in [-0.25, -0.2) is 17.9 Å². The summed E-state index contributed by atoms with van der Waals surface area (Å²) in [5, 5.41) is 3.69. The van der Waals surface area contributed by atoms with Crippen molar-refractivity contribution in [1.82, 2.24) is 14.9 Å². The van der Waals surface area contributed by atoms with Gasteiger partial charge < -0.3 is 9.26 Å². The number of methoxy groups -OCH3 is 1. The summed E-state index contributed by atoms with van der Waals surface area (Å²) >= 11 is 0. The summed E-state index contributed by atoms with van der Waals surface area (Å²) in [5.74, 6) is 0.0696. The first-order valence-electron chi connectivity index (χ1n) is 6.76. The number of carbonyl (C=O) groups is 1. The maximum Gasteiger partial charge on any atom is 0.337 e. The number of aromatic nitrogens is 2. The minimum absolute atomic E-state index is 0.0669. The van der Waals surface area contributed by atoms with Crippen molar-refractivity contribution >= 4 is 16.0 Å². The Hall–Kier alpha value is -2.26. The molecule has 1 N–H and O–H groups in total. The molecule has 0 aliphatic heterocycles. The van der Waals surface area contributed by atoms with E-state index in [2.05, 4.69) is 19.6 Å². The Morgan fingerprint density at radius 1 is 1.35 bits per heavy atom. The van der Waals surface area contributed by atoms with E-state index >= 15 is 0 Å². The number of benzene rings is 1. The number of hydrogen-bond acceptors (Lipinski definition) is 7. The largest absolute Gasteiger partial charge is 0.465 e. The van der Waals surface area contributed by atoms with Crippen molar-refractivity contribution in [3.05, 3.63) is 41.0 Å². The van der Waals surface area contributed by atoms with Crippen LogP contribution in [0.25, 0.3) is 0 Å². The zero-order chi connectivity index (χ0) is 17.2. The average molecular weight is 339 g/mol. The summed E-state index contributed by atoms with van der Waals surface area (Å²) in [4.78, 5) is 15.5. The molecule has 0 aliphatic carbocycles. The monoisotopic (exact) mass is 339 g/mol. The van der Waals surface area contributed by atoms with Crippen LogP contribution in [0.2, 0.25) is 0 Å². The van der Waals surface area contributed by atoms with Crippen molar-refractivity contribution < 1.29 is 22.5 Å². The van der Waals surface area contributed by atoms with E-state index in [1.807, 2.05) is 0 Å². The lowest BCUT2D eigenvalue weighted by molar-refractivity contribution is 0.0600. The Balaban J connectivity index is 2.27. The summed E-state index contributed by atoms with van der Waals surface area (Å²) in [6.07, 6.45) is 0. The molecule has 0 spiro atoms. The van der Waals surface area contributed by atoms with Crippen molar-refractivity contribution in [3.8, 4) is 0 Å². The van der Waals surface area contributed by atoms with Crippen LogP contribution < -0.4 is 4.72 Å². The number of aryl methyl sites for hydroxylation is 2. The molecule has 1 aromatic carbocycles. The predicted molar refractivity (Wildman–Crippen MR) is 80.3 cm³/mol. The third kappa shape index (κ3) is 3.74. The Morgan fingerprint density at radius 2 is 2.04 bits per heavy atom. The summed E-state index contributed by atoms with van der Waals surface area (Å²) in [6.45, 7) is 4.83. The van der Waals surface area contributed by atoms with Gasteiger partial charge in [-0.05, 0) is 37.6 Å². The van der Waals surface area contributed by atoms with Crippen LogP contribution in [0.1, 0.15) is 40.6 Å². The van der Waals surface area contributed by atoms with E-state index in [-0.39, 0.29) is 16.3 Å². The van der Waals surface area contributed by atoms with Gasteiger partial charge in [-0.1, -0.05) is 5.16 Å². The molecule has 0 saturated carbocycles. The maximum atomic E-state index is 12.5. The molecule has 9 heteroatoms. The van der Waals surface area contributed by atoms with Gasteiger partial charge in [-0.15, -0.1) is 0 Å². The molecule has 1 unspecified atom stereocenters. The molecule has 2 rings (SSSR count). The number of hydrogen-bond donors (Lipinski definition) is 1. The molecule has 0 bridgehead atoms. The van der Waals surface area contributed by atoms with Crippen molar-refractivity contribution in [2.45, 2.75) is 31.7 Å². The molecule has 0 amide bonds. The number of carbonyl (C=O) groups excluding carboxylic acids is 1. The average Bonchev–Trinajstić information content (AvgIpc) is 2.92. The van der Waals surface area contributed by atoms with Gasteiger partial charge in [0.05, 0.1) is 23.6 Å². The summed E-state index contributed by atoms with van der Waals surface area (Å²) in [5.41, 5.74) is 0.711. The highest BCUT2D eigenvalue weighted by molar-refractivity contribution is 7.89. The molecule has 0 saturated heterocycles. The van der Waals surface area contributed by atoms with Gasteiger partial charge in [0.2, 0.25) is 15.9 Å². The zero-order valence-electron chi connectivity index (χ0n) is 13.2. The molecular weight excluding hydrogens is 322 g/mol. The Bertz CT molecular complexity index is 829. The third-order valence-corrected chi connectivity index (χ3v) is 4.85. The number of esters is 1. The standard InChI is InChI=1S/C14H17N3O5S/c1-8-7-11(14(18)21-4)5-6-12(8)23(19,20)17-9(2)13-15-10(3)22-16-13/h5-7,9,17H,1-4H3. The SMILES string of the molecule is COC(=O)c1ccc(S(=O)(=O)NC(C)c2noc(C)n2)c(C)c1. The minimum atomic E-state index is -3.80. The molecule has 1 aromatic heterocycles. The highest BCUT2D eigenvalue weighted by Gasteiger charge is 2.23. The summed E-state index contributed by atoms with van der Waals surface area (Å²) < 4.78 is 36.9. The zero-order valence-corrected chi connectivity index (χ0v) is 14.0. The van der Waals surface area contributed by atoms with Crippen LogP contribution in [-0.2, 0) is 14.8 Å². The topological polar surface area (TPSA) is 111 Å². The second kappa shape index (κ2) is 6.47. The smallest absolute Gasteiger partial charge is 0.337 e. The quantitative estimate of drug-likeness (QED) is 0.822. The van der Waals surface area contributed by atoms with Crippen LogP contribution >= 0.6 is 0 Å². The fourth-order valence-corrected chi connectivity index (χ4v) is 3.46. The normalized spacial score (nSPS) is 12.9. The van der Waals surface area contributed by atoms with Gasteiger partial charge in [-0.2, -0.15) is 4.98 Å². The van der Waals surface area contributed by atoms with Crippen LogP contribution in [0.4, 0.5) is 0 Å². The lowest BCUT2D eigenvalue weighted by Gasteiger charge is -2.13. The molecule has 23 heavy (non-hydrogen) atoms. The van der Waals surface area contributed by atoms with E-state index < -0.39 is 22.0 Å². The highest BCUT2D eigenvalue weighted by atomic mass is 32.2. The van der Waals surface area contributed by atoms with Gasteiger partial charge >= 0.3 is 5.97 Å². The predicted octanol–water partition coefficient (Wildman–Crippen LogP) is 1.51. The lowest BCUT2D eigenvalue weighted by Crippen LogP contribution is -2.28. The van der Waals surface area contributed by atoms with Crippen LogP contribution in [0.3, 0.4) is 0 Å². The van der Waals surface area contributed by atoms with Gasteiger partial charge in [0.25, 0.3) is 0 Å². The Labute approximate surface area is 133 Å². The third-order valence-electron chi connectivity index (χ3n) is 3.15. The van der Waals surface area contributed by atoms with Crippen LogP contribution in [0.15, 0.2) is 27.6 Å². The van der Waals surface area contributed by atoms with Gasteiger partial charge in [0.15, 0.2) is 5.82 Å². The van der Waals surface area contributed by atoms with E-state index in [1.54, 1.807) is 20.8 Å². The van der Waals surface area contributed by atoms with E-state index in [9.17, 15) is 13.2 Å². The van der Waals surface area contributed by atoms with E-state index in [0.29, 0.717) is 11.5 Å². The fraction of sp³-hybridized carbons (Fsp3) is 0.357. The summed E-state index contributed by atoms with van der Waals surface area (Å²) in [6, 6.07) is 3.57. The van der Waals surface area contributed by atoms with Crippen molar-refractivity contribution in [3.63, 3.8) is 0 Å². The molecule has 124 valence electrons. The van der Waals surface area contributed by atoms with Gasteiger partial charge in [0.1, 0.15) is 0 Å². The van der Waals surface area contributed by atoms with Gasteiger partial charge in [0, 0.05) is 6.92 Å². The molecular formula is C14H17N3O5S. The molecule has 1 atom stereocenters. The van der Waals surface area contributed by atoms with E-state index in [4.69, 9.17) is 4.52 Å². The fourth-order valence-electron chi connectivity index (χ4n) is 2.04. The first-order chi connectivity index (χ1) is 10.7. The van der Waals surface area contributed by atoms with Crippen molar-refractivity contribution in [1.29, 1.82) is 0 Å². The van der Waals surface area contributed by atoms with E-state index in [0.717, 1.165) is 0 Å². The Morgan fingerprint density at radius 3 is 2.57 bits per heavy atom. The number of ether oxygens (including phenoxy) is 1. The number of nitrogens with zero attached hydrogens (tertiary/aromatic N) is 2. The second-order valence-electron chi connectivity index (χ2n) is 4.99. The first-order valence-corrected chi connectivity index (χ1v) is 8.24. The summed E-state index contributed by atoms with van der Waals surface area (Å²) in [7, 11) is -2.54. The maximum absolute atomic E-state index is 12.5. The molecule has 2 aromatic rings. The number of nitrogens with one attached hydrogen (secondary N) is 1. The van der Waals surface area contributed by atoms with E-state index in [1.165, 1.54) is 25.3 Å². The van der Waals surface area contributed by atoms with Crippen LogP contribution in [0, 0.1) is 13.8 Å². The number of sulfonamides is 1. The number of rotatable bonds is 5.